The number of hydrogen-bond acceptors (Lipinski definition) is 8. The molecule has 26 heavy (non-hydrogen) atoms. The van der Waals surface area contributed by atoms with E-state index in [4.69, 9.17) is 4.74 Å². The summed E-state index contributed by atoms with van der Waals surface area (Å²) >= 11 is 0. The molecule has 0 aliphatic rings. The second-order valence-corrected chi connectivity index (χ2v) is 4.87. The first kappa shape index (κ1) is 20.6. The Morgan fingerprint density at radius 2 is 2.12 bits per heavy atom. The third-order valence-corrected chi connectivity index (χ3v) is 2.94. The lowest BCUT2D eigenvalue weighted by Crippen LogP contribution is -2.43. The standard InChI is InChI=1S/C14H18N4O8/c1-10(13(20)24-2)16-14(21)25-9-17-6-3-4-11(8-17)12(19)15-5-7-26-18(22)23/h3-4,6,8,10H,5,7,9H2,1-2H3,(H-,15,16,19,21)/p+1/t10-/m0/s1. The lowest BCUT2D eigenvalue weighted by molar-refractivity contribution is -0.757. The lowest BCUT2D eigenvalue weighted by Gasteiger charge is -2.10. The number of ether oxygens (including phenoxy) is 2. The number of amides is 2. The number of methoxy groups -OCH3 is 1. The molecular weight excluding hydrogens is 352 g/mol. The van der Waals surface area contributed by atoms with Gasteiger partial charge in [0, 0.05) is 12.6 Å². The summed E-state index contributed by atoms with van der Waals surface area (Å²) in [5, 5.41) is 13.8. The molecule has 12 heteroatoms. The Balaban J connectivity index is 2.48. The molecule has 0 spiro atoms. The molecule has 0 aliphatic heterocycles. The summed E-state index contributed by atoms with van der Waals surface area (Å²) in [4.78, 5) is 48.8. The summed E-state index contributed by atoms with van der Waals surface area (Å²) in [6.07, 6.45) is 2.15. The zero-order valence-corrected chi connectivity index (χ0v) is 14.2. The number of alkyl carbamates (subject to hydrolysis) is 1. The topological polar surface area (TPSA) is 150 Å². The summed E-state index contributed by atoms with van der Waals surface area (Å²) in [6.45, 7) is 0.922. The zero-order valence-electron chi connectivity index (χ0n) is 14.2. The number of rotatable bonds is 9. The van der Waals surface area contributed by atoms with Gasteiger partial charge in [-0.15, -0.1) is 10.1 Å². The molecule has 1 atom stereocenters. The van der Waals surface area contributed by atoms with Crippen LogP contribution in [0.5, 0.6) is 0 Å². The van der Waals surface area contributed by atoms with E-state index >= 15 is 0 Å². The van der Waals surface area contributed by atoms with Crippen molar-refractivity contribution >= 4 is 18.0 Å². The first-order valence-corrected chi connectivity index (χ1v) is 7.39. The molecule has 0 unspecified atom stereocenters. The van der Waals surface area contributed by atoms with E-state index in [1.165, 1.54) is 30.9 Å². The van der Waals surface area contributed by atoms with Gasteiger partial charge in [0.05, 0.1) is 7.11 Å². The molecule has 1 rings (SSSR count). The first-order valence-electron chi connectivity index (χ1n) is 7.39. The van der Waals surface area contributed by atoms with Crippen molar-refractivity contribution in [2.24, 2.45) is 0 Å². The molecular formula is C14H19N4O8+. The maximum absolute atomic E-state index is 11.9. The predicted octanol–water partition coefficient (Wildman–Crippen LogP) is -0.843. The Morgan fingerprint density at radius 3 is 2.77 bits per heavy atom. The molecule has 0 saturated carbocycles. The minimum absolute atomic E-state index is 0.0426. The fourth-order valence-corrected chi connectivity index (χ4v) is 1.71. The number of pyridine rings is 1. The summed E-state index contributed by atoms with van der Waals surface area (Å²) in [6, 6.07) is 2.20. The van der Waals surface area contributed by atoms with Crippen molar-refractivity contribution < 1.29 is 38.3 Å². The molecule has 2 N–H and O–H groups in total. The van der Waals surface area contributed by atoms with E-state index in [-0.39, 0.29) is 25.4 Å². The van der Waals surface area contributed by atoms with Gasteiger partial charge in [-0.25, -0.2) is 9.59 Å². The molecule has 2 amide bonds. The first-order chi connectivity index (χ1) is 12.3. The van der Waals surface area contributed by atoms with E-state index in [1.807, 2.05) is 0 Å². The zero-order chi connectivity index (χ0) is 19.5. The molecule has 0 saturated heterocycles. The highest BCUT2D eigenvalue weighted by Crippen LogP contribution is 1.95. The van der Waals surface area contributed by atoms with E-state index in [0.29, 0.717) is 0 Å². The Bertz CT molecular complexity index is 666. The van der Waals surface area contributed by atoms with Crippen LogP contribution in [0.15, 0.2) is 24.5 Å². The highest BCUT2D eigenvalue weighted by Gasteiger charge is 2.18. The van der Waals surface area contributed by atoms with Crippen LogP contribution in [0.25, 0.3) is 0 Å². The monoisotopic (exact) mass is 371 g/mol. The number of nitrogens with zero attached hydrogens (tertiary/aromatic N) is 2. The summed E-state index contributed by atoms with van der Waals surface area (Å²) in [5.74, 6) is -1.09. The second-order valence-electron chi connectivity index (χ2n) is 4.87. The normalized spacial score (nSPS) is 11.0. The number of carbonyl (C=O) groups excluding carboxylic acids is 3. The Hall–Kier alpha value is -3.44. The van der Waals surface area contributed by atoms with Crippen LogP contribution < -0.4 is 15.2 Å². The van der Waals surface area contributed by atoms with Gasteiger partial charge in [0.2, 0.25) is 0 Å². The molecule has 12 nitrogen and oxygen atoms in total. The van der Waals surface area contributed by atoms with Crippen LogP contribution in [-0.4, -0.2) is 49.4 Å². The van der Waals surface area contributed by atoms with Crippen LogP contribution in [0.1, 0.15) is 17.3 Å². The average molecular weight is 371 g/mol. The van der Waals surface area contributed by atoms with Crippen molar-refractivity contribution in [1.82, 2.24) is 10.6 Å². The van der Waals surface area contributed by atoms with Gasteiger partial charge in [0.15, 0.2) is 12.4 Å². The summed E-state index contributed by atoms with van der Waals surface area (Å²) < 4.78 is 10.8. The summed E-state index contributed by atoms with van der Waals surface area (Å²) in [5.41, 5.74) is 0.251. The van der Waals surface area contributed by atoms with Gasteiger partial charge in [-0.2, -0.15) is 4.57 Å². The maximum atomic E-state index is 11.9. The molecule has 1 aromatic heterocycles. The van der Waals surface area contributed by atoms with Gasteiger partial charge >= 0.3 is 12.1 Å². The number of esters is 1. The van der Waals surface area contributed by atoms with Crippen molar-refractivity contribution in [2.75, 3.05) is 20.3 Å². The van der Waals surface area contributed by atoms with E-state index in [0.717, 1.165) is 0 Å². The molecule has 1 heterocycles. The van der Waals surface area contributed by atoms with E-state index < -0.39 is 29.1 Å². The fourth-order valence-electron chi connectivity index (χ4n) is 1.71. The van der Waals surface area contributed by atoms with Gasteiger partial charge in [-0.1, -0.05) is 0 Å². The Kier molecular flexibility index (Phi) is 8.27. The molecule has 0 fully saturated rings. The molecule has 0 aromatic carbocycles. The highest BCUT2D eigenvalue weighted by atomic mass is 16.9. The van der Waals surface area contributed by atoms with Crippen LogP contribution in [0.4, 0.5) is 4.79 Å². The van der Waals surface area contributed by atoms with Crippen LogP contribution in [0.3, 0.4) is 0 Å². The van der Waals surface area contributed by atoms with Crippen molar-refractivity contribution in [2.45, 2.75) is 19.7 Å². The number of nitrogens with one attached hydrogen (secondary N) is 2. The van der Waals surface area contributed by atoms with Crippen molar-refractivity contribution in [1.29, 1.82) is 0 Å². The number of hydrogen-bond donors (Lipinski definition) is 2. The second kappa shape index (κ2) is 10.4. The van der Waals surface area contributed by atoms with Gasteiger partial charge in [-0.3, -0.25) is 4.79 Å². The van der Waals surface area contributed by atoms with Gasteiger partial charge < -0.3 is 24.9 Å². The van der Waals surface area contributed by atoms with Crippen LogP contribution in [0, 0.1) is 10.1 Å². The molecule has 0 aliphatic carbocycles. The van der Waals surface area contributed by atoms with E-state index in [2.05, 4.69) is 20.2 Å². The van der Waals surface area contributed by atoms with Crippen LogP contribution >= 0.6 is 0 Å². The SMILES string of the molecule is COC(=O)[C@H](C)NC(=O)OC[n+]1cccc(C(=O)NCCO[N+](=O)[O-])c1. The quantitative estimate of drug-likeness (QED) is 0.187. The Morgan fingerprint density at radius 1 is 1.38 bits per heavy atom. The third-order valence-electron chi connectivity index (χ3n) is 2.94. The minimum atomic E-state index is -0.952. The number of aromatic nitrogens is 1. The predicted molar refractivity (Wildman–Crippen MR) is 83.0 cm³/mol. The highest BCUT2D eigenvalue weighted by molar-refractivity contribution is 5.93. The van der Waals surface area contributed by atoms with E-state index in [1.54, 1.807) is 12.3 Å². The van der Waals surface area contributed by atoms with Gasteiger partial charge in [0.25, 0.3) is 17.7 Å². The van der Waals surface area contributed by atoms with E-state index in [9.17, 15) is 24.5 Å². The van der Waals surface area contributed by atoms with Crippen LogP contribution in [0.2, 0.25) is 0 Å². The fraction of sp³-hybridized carbons (Fsp3) is 0.429. The third kappa shape index (κ3) is 7.42. The van der Waals surface area contributed by atoms with Crippen molar-refractivity contribution in [3.8, 4) is 0 Å². The number of carbonyl (C=O) groups is 3. The van der Waals surface area contributed by atoms with Gasteiger partial charge in [-0.05, 0) is 13.0 Å². The maximum Gasteiger partial charge on any atom is 0.412 e. The van der Waals surface area contributed by atoms with Gasteiger partial charge in [0.1, 0.15) is 18.2 Å². The smallest absolute Gasteiger partial charge is 0.412 e. The minimum Gasteiger partial charge on any atom is -0.467 e. The molecule has 142 valence electrons. The molecule has 0 radical (unpaired) electrons. The summed E-state index contributed by atoms with van der Waals surface area (Å²) in [7, 11) is 1.20. The van der Waals surface area contributed by atoms with Crippen molar-refractivity contribution in [3.05, 3.63) is 40.2 Å². The lowest BCUT2D eigenvalue weighted by atomic mass is 10.2. The van der Waals surface area contributed by atoms with Crippen LogP contribution in [-0.2, 0) is 25.8 Å². The largest absolute Gasteiger partial charge is 0.467 e. The Labute approximate surface area is 148 Å². The van der Waals surface area contributed by atoms with Crippen molar-refractivity contribution in [3.63, 3.8) is 0 Å². The average Bonchev–Trinajstić information content (AvgIpc) is 2.62. The molecule has 1 aromatic rings. The molecule has 0 bridgehead atoms.